The van der Waals surface area contributed by atoms with Gasteiger partial charge in [0, 0.05) is 42.8 Å². The van der Waals surface area contributed by atoms with Crippen molar-refractivity contribution in [3.63, 3.8) is 0 Å². The molecule has 1 saturated heterocycles. The van der Waals surface area contributed by atoms with E-state index >= 15 is 0 Å². The highest BCUT2D eigenvalue weighted by Gasteiger charge is 2.32. The van der Waals surface area contributed by atoms with Gasteiger partial charge < -0.3 is 10.1 Å². The maximum atomic E-state index is 13.6. The lowest BCUT2D eigenvalue weighted by Gasteiger charge is -2.39. The van der Waals surface area contributed by atoms with E-state index in [0.29, 0.717) is 56.2 Å². The third-order valence-electron chi connectivity index (χ3n) is 8.52. The molecule has 256 valence electrons. The number of amides is 1. The van der Waals surface area contributed by atoms with Crippen LogP contribution >= 0.6 is 28.1 Å². The quantitative estimate of drug-likeness (QED) is 0.137. The molecule has 5 aromatic carbocycles. The zero-order valence-electron chi connectivity index (χ0n) is 27.2. The summed E-state index contributed by atoms with van der Waals surface area (Å²) in [6, 6.07) is 42.3. The van der Waals surface area contributed by atoms with Gasteiger partial charge in [0.1, 0.15) is 5.75 Å². The van der Waals surface area contributed by atoms with Crippen molar-refractivity contribution < 1.29 is 17.9 Å². The van der Waals surface area contributed by atoms with Gasteiger partial charge in [-0.25, -0.2) is 8.42 Å². The number of nitrogens with one attached hydrogen (secondary N) is 2. The average molecular weight is 770 g/mol. The van der Waals surface area contributed by atoms with Gasteiger partial charge in [-0.3, -0.25) is 15.0 Å². The smallest absolute Gasteiger partial charge is 0.261 e. The van der Waals surface area contributed by atoms with E-state index in [1.54, 1.807) is 40.7 Å². The molecular formula is C39H37BrN4O4S2. The Labute approximate surface area is 307 Å². The summed E-state index contributed by atoms with van der Waals surface area (Å²) in [4.78, 5) is 15.7. The Bertz CT molecular complexity index is 1970. The number of sulfonamides is 1. The molecule has 0 aliphatic carbocycles. The molecule has 1 aliphatic heterocycles. The number of hydrogen-bond acceptors (Lipinski definition) is 6. The number of hydrogen-bond donors (Lipinski definition) is 2. The van der Waals surface area contributed by atoms with E-state index in [2.05, 4.69) is 55.7 Å². The zero-order chi connectivity index (χ0) is 34.9. The van der Waals surface area contributed by atoms with Crippen LogP contribution in [0, 0.1) is 0 Å². The molecular weight excluding hydrogens is 732 g/mol. The van der Waals surface area contributed by atoms with Crippen LogP contribution in [-0.2, 0) is 16.4 Å². The molecule has 0 atom stereocenters. The van der Waals surface area contributed by atoms with Gasteiger partial charge in [-0.15, -0.1) is 0 Å². The first kappa shape index (κ1) is 35.4. The molecule has 8 nitrogen and oxygen atoms in total. The normalized spacial score (nSPS) is 13.9. The van der Waals surface area contributed by atoms with Crippen molar-refractivity contribution in [2.75, 3.05) is 38.1 Å². The van der Waals surface area contributed by atoms with Crippen LogP contribution in [0.4, 0.5) is 5.69 Å². The molecule has 0 radical (unpaired) electrons. The summed E-state index contributed by atoms with van der Waals surface area (Å²) in [6.45, 7) is 2.35. The van der Waals surface area contributed by atoms with Gasteiger partial charge in [0.15, 0.2) is 5.11 Å². The molecule has 2 N–H and O–H groups in total. The Morgan fingerprint density at radius 1 is 0.780 bits per heavy atom. The summed E-state index contributed by atoms with van der Waals surface area (Å²) in [7, 11) is -3.72. The fourth-order valence-corrected chi connectivity index (χ4v) is 8.00. The highest BCUT2D eigenvalue weighted by Crippen LogP contribution is 2.31. The second-order valence-corrected chi connectivity index (χ2v) is 15.1. The molecule has 1 amide bonds. The first-order valence-corrected chi connectivity index (χ1v) is 18.9. The standard InChI is InChI=1S/C39H37BrN4O4S2/c40-32-16-21-36(48-27-22-29-10-4-1-5-11-29)35(28-32)38(45)42-39(49)41-33-17-19-34(20-18-33)50(46,47)44-25-23-43(24-26-44)37(30-12-6-2-7-13-30)31-14-8-3-9-15-31/h1-21,28,37H,22-27H2,(H2,41,42,45,49). The summed E-state index contributed by atoms with van der Waals surface area (Å²) >= 11 is 8.85. The van der Waals surface area contributed by atoms with Crippen LogP contribution in [0.25, 0.3) is 0 Å². The summed E-state index contributed by atoms with van der Waals surface area (Å²) in [6.07, 6.45) is 0.697. The molecule has 0 aromatic heterocycles. The average Bonchev–Trinajstić information content (AvgIpc) is 3.14. The number of benzene rings is 5. The van der Waals surface area contributed by atoms with Crippen molar-refractivity contribution in [3.8, 4) is 5.75 Å². The van der Waals surface area contributed by atoms with Crippen LogP contribution in [0.15, 0.2) is 143 Å². The predicted molar refractivity (Wildman–Crippen MR) is 205 cm³/mol. The van der Waals surface area contributed by atoms with E-state index in [4.69, 9.17) is 17.0 Å². The SMILES string of the molecule is O=C(NC(=S)Nc1ccc(S(=O)(=O)N2CCN(C(c3ccccc3)c3ccccc3)CC2)cc1)c1cc(Br)ccc1OCCc1ccccc1. The second kappa shape index (κ2) is 16.5. The van der Waals surface area contributed by atoms with Crippen molar-refractivity contribution in [1.82, 2.24) is 14.5 Å². The summed E-state index contributed by atoms with van der Waals surface area (Å²) < 4.78 is 35.5. The largest absolute Gasteiger partial charge is 0.492 e. The monoisotopic (exact) mass is 768 g/mol. The summed E-state index contributed by atoms with van der Waals surface area (Å²) in [5.41, 5.74) is 4.37. The number of nitrogens with zero attached hydrogens (tertiary/aromatic N) is 2. The van der Waals surface area contributed by atoms with Crippen molar-refractivity contribution in [1.29, 1.82) is 0 Å². The summed E-state index contributed by atoms with van der Waals surface area (Å²) in [5, 5.41) is 5.76. The number of rotatable bonds is 11. The lowest BCUT2D eigenvalue weighted by molar-refractivity contribution is 0.0973. The van der Waals surface area contributed by atoms with Crippen molar-refractivity contribution in [2.45, 2.75) is 17.4 Å². The van der Waals surface area contributed by atoms with Crippen molar-refractivity contribution >= 4 is 54.9 Å². The van der Waals surface area contributed by atoms with Gasteiger partial charge in [0.25, 0.3) is 5.91 Å². The molecule has 1 aliphatic rings. The number of anilines is 1. The predicted octanol–water partition coefficient (Wildman–Crippen LogP) is 7.29. The molecule has 1 fully saturated rings. The first-order valence-electron chi connectivity index (χ1n) is 16.3. The number of halogens is 1. The lowest BCUT2D eigenvalue weighted by atomic mass is 9.96. The second-order valence-electron chi connectivity index (χ2n) is 11.8. The van der Waals surface area contributed by atoms with Crippen LogP contribution < -0.4 is 15.4 Å². The molecule has 0 saturated carbocycles. The molecule has 50 heavy (non-hydrogen) atoms. The van der Waals surface area contributed by atoms with E-state index in [1.807, 2.05) is 72.8 Å². The Balaban J connectivity index is 1.05. The minimum absolute atomic E-state index is 0.0408. The van der Waals surface area contributed by atoms with Gasteiger partial charge >= 0.3 is 0 Å². The molecule has 6 rings (SSSR count). The minimum Gasteiger partial charge on any atom is -0.492 e. The Kier molecular flexibility index (Phi) is 11.7. The third-order valence-corrected chi connectivity index (χ3v) is 11.1. The van der Waals surface area contributed by atoms with Crippen LogP contribution in [-0.4, -0.2) is 61.4 Å². The van der Waals surface area contributed by atoms with Gasteiger partial charge in [-0.1, -0.05) is 107 Å². The molecule has 11 heteroatoms. The van der Waals surface area contributed by atoms with Crippen LogP contribution in [0.2, 0.25) is 0 Å². The van der Waals surface area contributed by atoms with E-state index < -0.39 is 15.9 Å². The Hall–Kier alpha value is -4.39. The molecule has 5 aromatic rings. The Morgan fingerprint density at radius 2 is 1.36 bits per heavy atom. The van der Waals surface area contributed by atoms with Crippen molar-refractivity contribution in [2.24, 2.45) is 0 Å². The topological polar surface area (TPSA) is 91.0 Å². The number of thiocarbonyl (C=S) groups is 1. The van der Waals surface area contributed by atoms with Gasteiger partial charge in [-0.05, 0) is 71.4 Å². The van der Waals surface area contributed by atoms with Gasteiger partial charge in [0.05, 0.1) is 23.1 Å². The highest BCUT2D eigenvalue weighted by molar-refractivity contribution is 9.10. The van der Waals surface area contributed by atoms with E-state index in [9.17, 15) is 13.2 Å². The number of carbonyl (C=O) groups excluding carboxylic acids is 1. The van der Waals surface area contributed by atoms with E-state index in [1.165, 1.54) is 11.1 Å². The number of ether oxygens (including phenoxy) is 1. The Morgan fingerprint density at radius 3 is 1.96 bits per heavy atom. The number of carbonyl (C=O) groups is 1. The molecule has 1 heterocycles. The van der Waals surface area contributed by atoms with Gasteiger partial charge in [0.2, 0.25) is 10.0 Å². The summed E-state index contributed by atoms with van der Waals surface area (Å²) in [5.74, 6) is 0.00842. The van der Waals surface area contributed by atoms with Crippen LogP contribution in [0.1, 0.15) is 33.1 Å². The van der Waals surface area contributed by atoms with Gasteiger partial charge in [-0.2, -0.15) is 4.31 Å². The fraction of sp³-hybridized carbons (Fsp3) is 0.179. The van der Waals surface area contributed by atoms with Crippen LogP contribution in [0.5, 0.6) is 5.75 Å². The van der Waals surface area contributed by atoms with E-state index in [0.717, 1.165) is 10.0 Å². The molecule has 0 spiro atoms. The lowest BCUT2D eigenvalue weighted by Crippen LogP contribution is -2.49. The zero-order valence-corrected chi connectivity index (χ0v) is 30.5. The molecule has 0 unspecified atom stereocenters. The molecule has 0 bridgehead atoms. The van der Waals surface area contributed by atoms with E-state index in [-0.39, 0.29) is 16.0 Å². The van der Waals surface area contributed by atoms with Crippen LogP contribution in [0.3, 0.4) is 0 Å². The first-order chi connectivity index (χ1) is 24.3. The maximum absolute atomic E-state index is 13.6. The highest BCUT2D eigenvalue weighted by atomic mass is 79.9. The minimum atomic E-state index is -3.72. The van der Waals surface area contributed by atoms with Crippen molar-refractivity contribution in [3.05, 3.63) is 160 Å². The maximum Gasteiger partial charge on any atom is 0.261 e. The number of piperazine rings is 1. The third kappa shape index (κ3) is 8.85. The fourth-order valence-electron chi connectivity index (χ4n) is 6.01.